The van der Waals surface area contributed by atoms with Gasteiger partial charge in [-0.3, -0.25) is 9.59 Å². The maximum Gasteiger partial charge on any atom is 0.471 e. The van der Waals surface area contributed by atoms with E-state index in [-0.39, 0.29) is 6.54 Å². The summed E-state index contributed by atoms with van der Waals surface area (Å²) in [5, 5.41) is 2.88. The molecule has 5 nitrogen and oxygen atoms in total. The number of alkyl halides is 3. The van der Waals surface area contributed by atoms with Gasteiger partial charge in [0.2, 0.25) is 5.91 Å². The first kappa shape index (κ1) is 13.8. The van der Waals surface area contributed by atoms with Gasteiger partial charge >= 0.3 is 12.1 Å². The zero-order valence-corrected chi connectivity index (χ0v) is 9.09. The van der Waals surface area contributed by atoms with E-state index in [0.29, 0.717) is 24.3 Å². The predicted molar refractivity (Wildman–Crippen MR) is 52.9 cm³/mol. The molecule has 1 atom stereocenters. The van der Waals surface area contributed by atoms with Gasteiger partial charge in [0.15, 0.2) is 0 Å². The van der Waals surface area contributed by atoms with Gasteiger partial charge in [-0.05, 0) is 19.4 Å². The van der Waals surface area contributed by atoms with Crippen LogP contribution in [0.3, 0.4) is 0 Å². The summed E-state index contributed by atoms with van der Waals surface area (Å²) in [5.74, 6) is -2.96. The minimum absolute atomic E-state index is 0.245. The molecule has 98 valence electrons. The molecule has 2 amide bonds. The SMILES string of the molecule is NC(=O)CN(C(=O)C(F)(F)F)C1CCCNC1. The van der Waals surface area contributed by atoms with Gasteiger partial charge in [0, 0.05) is 12.6 Å². The van der Waals surface area contributed by atoms with Crippen molar-refractivity contribution in [1.82, 2.24) is 10.2 Å². The Balaban J connectivity index is 2.78. The van der Waals surface area contributed by atoms with Crippen LogP contribution in [0.5, 0.6) is 0 Å². The third kappa shape index (κ3) is 3.88. The Kier molecular flexibility index (Phi) is 4.33. The van der Waals surface area contributed by atoms with Crippen molar-refractivity contribution in [3.05, 3.63) is 0 Å². The zero-order valence-electron chi connectivity index (χ0n) is 9.09. The molecule has 1 rings (SSSR count). The van der Waals surface area contributed by atoms with Gasteiger partial charge in [-0.1, -0.05) is 0 Å². The molecule has 8 heteroatoms. The van der Waals surface area contributed by atoms with Gasteiger partial charge in [-0.25, -0.2) is 0 Å². The summed E-state index contributed by atoms with van der Waals surface area (Å²) in [6.07, 6.45) is -3.89. The van der Waals surface area contributed by atoms with E-state index < -0.39 is 30.6 Å². The number of nitrogens with zero attached hydrogens (tertiary/aromatic N) is 1. The van der Waals surface area contributed by atoms with Crippen molar-refractivity contribution in [2.24, 2.45) is 5.73 Å². The number of rotatable bonds is 3. The van der Waals surface area contributed by atoms with Crippen molar-refractivity contribution < 1.29 is 22.8 Å². The van der Waals surface area contributed by atoms with Crippen LogP contribution in [0.2, 0.25) is 0 Å². The number of primary amides is 1. The standard InChI is InChI=1S/C9H14F3N3O2/c10-9(11,12)8(17)15(5-7(13)16)6-2-1-3-14-4-6/h6,14H,1-5H2,(H2,13,16). The van der Waals surface area contributed by atoms with E-state index in [9.17, 15) is 22.8 Å². The summed E-state index contributed by atoms with van der Waals surface area (Å²) in [6.45, 7) is 0.237. The summed E-state index contributed by atoms with van der Waals surface area (Å²) in [4.78, 5) is 22.4. The second-order valence-electron chi connectivity index (χ2n) is 3.90. The Morgan fingerprint density at radius 2 is 2.06 bits per heavy atom. The first-order valence-corrected chi connectivity index (χ1v) is 5.19. The molecule has 0 bridgehead atoms. The fraction of sp³-hybridized carbons (Fsp3) is 0.778. The molecule has 1 aliphatic heterocycles. The second kappa shape index (κ2) is 5.35. The summed E-state index contributed by atoms with van der Waals surface area (Å²) < 4.78 is 37.0. The Morgan fingerprint density at radius 3 is 2.47 bits per heavy atom. The molecule has 0 aromatic rings. The van der Waals surface area contributed by atoms with E-state index >= 15 is 0 Å². The molecule has 1 saturated heterocycles. The second-order valence-corrected chi connectivity index (χ2v) is 3.90. The average Bonchev–Trinajstić information content (AvgIpc) is 2.24. The molecule has 1 unspecified atom stereocenters. The number of carbonyl (C=O) groups is 2. The number of carbonyl (C=O) groups excluding carboxylic acids is 2. The third-order valence-electron chi connectivity index (χ3n) is 2.54. The van der Waals surface area contributed by atoms with E-state index in [4.69, 9.17) is 5.73 Å². The number of nitrogens with two attached hydrogens (primary N) is 1. The topological polar surface area (TPSA) is 75.4 Å². The fourth-order valence-electron chi connectivity index (χ4n) is 1.80. The molecular weight excluding hydrogens is 239 g/mol. The van der Waals surface area contributed by atoms with Crippen molar-refractivity contribution in [1.29, 1.82) is 0 Å². The van der Waals surface area contributed by atoms with Gasteiger partial charge in [-0.15, -0.1) is 0 Å². The van der Waals surface area contributed by atoms with Gasteiger partial charge in [0.1, 0.15) is 0 Å². The van der Waals surface area contributed by atoms with Crippen molar-refractivity contribution in [3.63, 3.8) is 0 Å². The van der Waals surface area contributed by atoms with Crippen LogP contribution in [0.25, 0.3) is 0 Å². The van der Waals surface area contributed by atoms with Gasteiger partial charge in [0.25, 0.3) is 0 Å². The number of piperidine rings is 1. The molecule has 1 fully saturated rings. The quantitative estimate of drug-likeness (QED) is 0.719. The van der Waals surface area contributed by atoms with Crippen LogP contribution in [0.4, 0.5) is 13.2 Å². The minimum atomic E-state index is -4.98. The molecule has 0 aromatic carbocycles. The largest absolute Gasteiger partial charge is 0.471 e. The van der Waals surface area contributed by atoms with Crippen LogP contribution >= 0.6 is 0 Å². The van der Waals surface area contributed by atoms with Crippen molar-refractivity contribution in [3.8, 4) is 0 Å². The highest BCUT2D eigenvalue weighted by molar-refractivity contribution is 5.87. The van der Waals surface area contributed by atoms with Crippen molar-refractivity contribution in [2.75, 3.05) is 19.6 Å². The maximum atomic E-state index is 12.3. The monoisotopic (exact) mass is 253 g/mol. The van der Waals surface area contributed by atoms with E-state index in [1.54, 1.807) is 0 Å². The normalized spacial score (nSPS) is 21.0. The highest BCUT2D eigenvalue weighted by Gasteiger charge is 2.45. The smallest absolute Gasteiger partial charge is 0.368 e. The fourth-order valence-corrected chi connectivity index (χ4v) is 1.80. The van der Waals surface area contributed by atoms with Gasteiger partial charge in [0.05, 0.1) is 6.54 Å². The number of halogens is 3. The average molecular weight is 253 g/mol. The third-order valence-corrected chi connectivity index (χ3v) is 2.54. The molecular formula is C9H14F3N3O2. The molecule has 0 aromatic heterocycles. The Morgan fingerprint density at radius 1 is 1.41 bits per heavy atom. The summed E-state index contributed by atoms with van der Waals surface area (Å²) in [7, 11) is 0. The molecule has 17 heavy (non-hydrogen) atoms. The molecule has 3 N–H and O–H groups in total. The maximum absolute atomic E-state index is 12.3. The Hall–Kier alpha value is -1.31. The molecule has 1 aliphatic rings. The highest BCUT2D eigenvalue weighted by Crippen LogP contribution is 2.21. The lowest BCUT2D eigenvalue weighted by molar-refractivity contribution is -0.188. The number of nitrogens with one attached hydrogen (secondary N) is 1. The summed E-state index contributed by atoms with van der Waals surface area (Å²) >= 11 is 0. The molecule has 0 saturated carbocycles. The lowest BCUT2D eigenvalue weighted by Crippen LogP contribution is -2.55. The van der Waals surface area contributed by atoms with E-state index in [0.717, 1.165) is 0 Å². The van der Waals surface area contributed by atoms with Crippen LogP contribution in [-0.4, -0.2) is 48.6 Å². The molecule has 0 radical (unpaired) electrons. The van der Waals surface area contributed by atoms with Crippen molar-refractivity contribution >= 4 is 11.8 Å². The first-order valence-electron chi connectivity index (χ1n) is 5.19. The van der Waals surface area contributed by atoms with E-state index in [1.165, 1.54) is 0 Å². The Labute approximate surface area is 96.1 Å². The highest BCUT2D eigenvalue weighted by atomic mass is 19.4. The van der Waals surface area contributed by atoms with Gasteiger partial charge in [-0.2, -0.15) is 13.2 Å². The van der Waals surface area contributed by atoms with E-state index in [2.05, 4.69) is 5.32 Å². The van der Waals surface area contributed by atoms with Gasteiger partial charge < -0.3 is 16.0 Å². The van der Waals surface area contributed by atoms with Crippen molar-refractivity contribution in [2.45, 2.75) is 25.1 Å². The lowest BCUT2D eigenvalue weighted by atomic mass is 10.1. The number of amides is 2. The van der Waals surface area contributed by atoms with Crippen LogP contribution in [-0.2, 0) is 9.59 Å². The van der Waals surface area contributed by atoms with Crippen LogP contribution < -0.4 is 11.1 Å². The molecule has 1 heterocycles. The van der Waals surface area contributed by atoms with Crippen LogP contribution in [0.1, 0.15) is 12.8 Å². The van der Waals surface area contributed by atoms with E-state index in [1.807, 2.05) is 0 Å². The zero-order chi connectivity index (χ0) is 13.1. The number of hydrogen-bond acceptors (Lipinski definition) is 3. The lowest BCUT2D eigenvalue weighted by Gasteiger charge is -2.34. The minimum Gasteiger partial charge on any atom is -0.368 e. The van der Waals surface area contributed by atoms with Crippen LogP contribution in [0.15, 0.2) is 0 Å². The summed E-state index contributed by atoms with van der Waals surface area (Å²) in [6, 6.07) is -0.634. The van der Waals surface area contributed by atoms with Crippen LogP contribution in [0, 0.1) is 0 Å². The first-order chi connectivity index (χ1) is 7.82. The molecule has 0 aliphatic carbocycles. The number of hydrogen-bond donors (Lipinski definition) is 2. The molecule has 0 spiro atoms. The summed E-state index contributed by atoms with van der Waals surface area (Å²) in [5.41, 5.74) is 4.86. The predicted octanol–water partition coefficient (Wildman–Crippen LogP) is -0.385. The Bertz CT molecular complexity index is 300.